The monoisotopic (exact) mass is 357 g/mol. The molecule has 0 aliphatic heterocycles. The molecule has 1 aromatic carbocycles. The Bertz CT molecular complexity index is 508. The summed E-state index contributed by atoms with van der Waals surface area (Å²) in [6, 6.07) is 10.2. The van der Waals surface area contributed by atoms with Gasteiger partial charge in [-0.2, -0.15) is 0 Å². The molecule has 0 bridgehead atoms. The molecular weight excluding hydrogens is 346 g/mol. The summed E-state index contributed by atoms with van der Waals surface area (Å²) in [4.78, 5) is 0. The summed E-state index contributed by atoms with van der Waals surface area (Å²) in [5.74, 6) is 1.92. The molecule has 0 saturated carbocycles. The van der Waals surface area contributed by atoms with Crippen LogP contribution in [0.5, 0.6) is 0 Å². The van der Waals surface area contributed by atoms with E-state index in [9.17, 15) is 0 Å². The fraction of sp³-hybridized carbons (Fsp3) is 0.231. The molecular formula is C13H13Br2NO. The van der Waals surface area contributed by atoms with Gasteiger partial charge in [-0.15, -0.1) is 0 Å². The van der Waals surface area contributed by atoms with Crippen molar-refractivity contribution in [2.24, 2.45) is 0 Å². The van der Waals surface area contributed by atoms with Crippen molar-refractivity contribution in [2.75, 3.05) is 0 Å². The first kappa shape index (κ1) is 12.9. The van der Waals surface area contributed by atoms with Gasteiger partial charge in [0, 0.05) is 15.5 Å². The molecule has 1 aromatic heterocycles. The second kappa shape index (κ2) is 5.85. The van der Waals surface area contributed by atoms with Crippen LogP contribution in [0.2, 0.25) is 0 Å². The Kier molecular flexibility index (Phi) is 4.42. The Balaban J connectivity index is 1.87. The molecule has 0 unspecified atom stereocenters. The Labute approximate surface area is 118 Å². The Morgan fingerprint density at radius 1 is 1.06 bits per heavy atom. The summed E-state index contributed by atoms with van der Waals surface area (Å²) < 4.78 is 7.63. The maximum absolute atomic E-state index is 5.49. The minimum atomic E-state index is 0.752. The van der Waals surface area contributed by atoms with Gasteiger partial charge in [0.05, 0.1) is 6.54 Å². The second-order valence-corrected chi connectivity index (χ2v) is 5.57. The molecule has 1 N–H and O–H groups in total. The van der Waals surface area contributed by atoms with Gasteiger partial charge in [-0.3, -0.25) is 0 Å². The molecule has 0 radical (unpaired) electrons. The SMILES string of the molecule is Cc1ccc(CNCc2ccc(Br)c(Br)c2)o1. The summed E-state index contributed by atoms with van der Waals surface area (Å²) in [7, 11) is 0. The van der Waals surface area contributed by atoms with E-state index in [1.807, 2.05) is 25.1 Å². The van der Waals surface area contributed by atoms with Crippen molar-refractivity contribution in [1.82, 2.24) is 5.32 Å². The Morgan fingerprint density at radius 2 is 1.88 bits per heavy atom. The smallest absolute Gasteiger partial charge is 0.117 e. The average molecular weight is 359 g/mol. The quantitative estimate of drug-likeness (QED) is 0.876. The van der Waals surface area contributed by atoms with Crippen LogP contribution in [-0.2, 0) is 13.1 Å². The Morgan fingerprint density at radius 3 is 2.53 bits per heavy atom. The van der Waals surface area contributed by atoms with Crippen molar-refractivity contribution in [3.05, 3.63) is 56.4 Å². The zero-order valence-electron chi connectivity index (χ0n) is 9.47. The van der Waals surface area contributed by atoms with Gasteiger partial charge in [-0.25, -0.2) is 0 Å². The van der Waals surface area contributed by atoms with Crippen LogP contribution in [0.3, 0.4) is 0 Å². The van der Waals surface area contributed by atoms with E-state index in [1.54, 1.807) is 0 Å². The van der Waals surface area contributed by atoms with Crippen LogP contribution < -0.4 is 5.32 Å². The van der Waals surface area contributed by atoms with Gasteiger partial charge in [-0.05, 0) is 68.6 Å². The maximum atomic E-state index is 5.49. The van der Waals surface area contributed by atoms with E-state index in [0.717, 1.165) is 33.6 Å². The lowest BCUT2D eigenvalue weighted by Crippen LogP contribution is -2.12. The van der Waals surface area contributed by atoms with Crippen LogP contribution in [0.1, 0.15) is 17.1 Å². The van der Waals surface area contributed by atoms with Gasteiger partial charge < -0.3 is 9.73 Å². The zero-order chi connectivity index (χ0) is 12.3. The van der Waals surface area contributed by atoms with Crippen LogP contribution in [-0.4, -0.2) is 0 Å². The first-order chi connectivity index (χ1) is 8.15. The van der Waals surface area contributed by atoms with Crippen molar-refractivity contribution in [3.8, 4) is 0 Å². The van der Waals surface area contributed by atoms with Crippen molar-refractivity contribution >= 4 is 31.9 Å². The van der Waals surface area contributed by atoms with Gasteiger partial charge >= 0.3 is 0 Å². The summed E-state index contributed by atoms with van der Waals surface area (Å²) in [5, 5.41) is 3.35. The van der Waals surface area contributed by atoms with E-state index in [0.29, 0.717) is 0 Å². The molecule has 0 atom stereocenters. The van der Waals surface area contributed by atoms with Gasteiger partial charge in [-0.1, -0.05) is 6.07 Å². The summed E-state index contributed by atoms with van der Waals surface area (Å²) >= 11 is 6.95. The molecule has 0 amide bonds. The lowest BCUT2D eigenvalue weighted by Gasteiger charge is -2.04. The molecule has 2 nitrogen and oxygen atoms in total. The van der Waals surface area contributed by atoms with E-state index in [-0.39, 0.29) is 0 Å². The van der Waals surface area contributed by atoms with E-state index >= 15 is 0 Å². The van der Waals surface area contributed by atoms with Crippen LogP contribution in [0, 0.1) is 6.92 Å². The number of nitrogens with one attached hydrogen (secondary N) is 1. The highest BCUT2D eigenvalue weighted by Crippen LogP contribution is 2.23. The molecule has 0 aliphatic carbocycles. The first-order valence-corrected chi connectivity index (χ1v) is 6.94. The predicted molar refractivity (Wildman–Crippen MR) is 75.8 cm³/mol. The molecule has 2 aromatic rings. The van der Waals surface area contributed by atoms with Gasteiger partial charge in [0.2, 0.25) is 0 Å². The molecule has 0 saturated heterocycles. The third kappa shape index (κ3) is 3.69. The van der Waals surface area contributed by atoms with Crippen molar-refractivity contribution < 1.29 is 4.42 Å². The average Bonchev–Trinajstić information content (AvgIpc) is 2.70. The van der Waals surface area contributed by atoms with Gasteiger partial charge in [0.25, 0.3) is 0 Å². The summed E-state index contributed by atoms with van der Waals surface area (Å²) in [6.07, 6.45) is 0. The number of hydrogen-bond donors (Lipinski definition) is 1. The topological polar surface area (TPSA) is 25.2 Å². The summed E-state index contributed by atoms with van der Waals surface area (Å²) in [5.41, 5.74) is 1.24. The molecule has 17 heavy (non-hydrogen) atoms. The second-order valence-electron chi connectivity index (χ2n) is 3.86. The van der Waals surface area contributed by atoms with E-state index in [4.69, 9.17) is 4.42 Å². The molecule has 1 heterocycles. The maximum Gasteiger partial charge on any atom is 0.117 e. The lowest BCUT2D eigenvalue weighted by molar-refractivity contribution is 0.461. The fourth-order valence-corrected chi connectivity index (χ4v) is 2.23. The fourth-order valence-electron chi connectivity index (χ4n) is 1.56. The number of rotatable bonds is 4. The number of benzene rings is 1. The van der Waals surface area contributed by atoms with E-state index < -0.39 is 0 Å². The van der Waals surface area contributed by atoms with Gasteiger partial charge in [0.1, 0.15) is 11.5 Å². The molecule has 4 heteroatoms. The molecule has 90 valence electrons. The third-order valence-corrected chi connectivity index (χ3v) is 4.29. The minimum absolute atomic E-state index is 0.752. The minimum Gasteiger partial charge on any atom is -0.465 e. The Hall–Kier alpha value is -0.580. The standard InChI is InChI=1S/C13H13Br2NO/c1-9-2-4-11(17-9)8-16-7-10-3-5-12(14)13(15)6-10/h2-6,16H,7-8H2,1H3. The van der Waals surface area contributed by atoms with E-state index in [2.05, 4.69) is 49.3 Å². The largest absolute Gasteiger partial charge is 0.465 e. The molecule has 0 spiro atoms. The molecule has 2 rings (SSSR count). The first-order valence-electron chi connectivity index (χ1n) is 5.35. The van der Waals surface area contributed by atoms with Crippen molar-refractivity contribution in [3.63, 3.8) is 0 Å². The number of hydrogen-bond acceptors (Lipinski definition) is 2. The molecule has 0 aliphatic rings. The molecule has 0 fully saturated rings. The third-order valence-electron chi connectivity index (χ3n) is 2.41. The number of halogens is 2. The van der Waals surface area contributed by atoms with Crippen LogP contribution >= 0.6 is 31.9 Å². The van der Waals surface area contributed by atoms with Crippen LogP contribution in [0.25, 0.3) is 0 Å². The van der Waals surface area contributed by atoms with Gasteiger partial charge in [0.15, 0.2) is 0 Å². The highest BCUT2D eigenvalue weighted by Gasteiger charge is 2.00. The number of furan rings is 1. The lowest BCUT2D eigenvalue weighted by atomic mass is 10.2. The van der Waals surface area contributed by atoms with E-state index in [1.165, 1.54) is 5.56 Å². The zero-order valence-corrected chi connectivity index (χ0v) is 12.6. The normalized spacial score (nSPS) is 10.8. The number of aryl methyl sites for hydroxylation is 1. The van der Waals surface area contributed by atoms with Crippen molar-refractivity contribution in [1.29, 1.82) is 0 Å². The predicted octanol–water partition coefficient (Wildman–Crippen LogP) is 4.40. The summed E-state index contributed by atoms with van der Waals surface area (Å²) in [6.45, 7) is 3.53. The highest BCUT2D eigenvalue weighted by atomic mass is 79.9. The highest BCUT2D eigenvalue weighted by molar-refractivity contribution is 9.13. The van der Waals surface area contributed by atoms with Crippen LogP contribution in [0.4, 0.5) is 0 Å². The van der Waals surface area contributed by atoms with Crippen molar-refractivity contribution in [2.45, 2.75) is 20.0 Å². The van der Waals surface area contributed by atoms with Crippen LogP contribution in [0.15, 0.2) is 43.7 Å².